The number of thiophene rings is 1. The number of nitrogens with one attached hydrogen (secondary N) is 1. The fraction of sp³-hybridized carbons (Fsp3) is 0.333. The van der Waals surface area contributed by atoms with Gasteiger partial charge in [0.05, 0.1) is 6.10 Å². The summed E-state index contributed by atoms with van der Waals surface area (Å²) in [6.45, 7) is 0.0755. The van der Waals surface area contributed by atoms with E-state index in [1.165, 1.54) is 0 Å². The minimum absolute atomic E-state index is 0.0755. The first-order chi connectivity index (χ1) is 5.61. The van der Waals surface area contributed by atoms with Crippen molar-refractivity contribution in [2.24, 2.45) is 0 Å². The zero-order valence-electron chi connectivity index (χ0n) is 6.02. The lowest BCUT2D eigenvalue weighted by Crippen LogP contribution is -2.33. The molecule has 1 aromatic heterocycles. The molecule has 0 aromatic carbocycles. The van der Waals surface area contributed by atoms with Crippen LogP contribution < -0.4 is 4.72 Å². The average Bonchev–Trinajstić information content (AvgIpc) is 2.46. The second-order valence-electron chi connectivity index (χ2n) is 2.53. The number of hydrogen-bond donors (Lipinski definition) is 2. The smallest absolute Gasteiger partial charge is 0.250 e. The predicted molar refractivity (Wildman–Crippen MR) is 44.5 cm³/mol. The highest BCUT2D eigenvalue weighted by Gasteiger charge is 2.29. The van der Waals surface area contributed by atoms with E-state index in [0.29, 0.717) is 5.56 Å². The number of β-amino-alcohol motifs (C(OH)–C–C–N with tert-alkyl or cyclic N) is 1. The number of hydrogen-bond acceptors (Lipinski definition) is 4. The number of aliphatic hydroxyl groups excluding tert-OH is 1. The van der Waals surface area contributed by atoms with E-state index in [9.17, 15) is 13.5 Å². The minimum Gasteiger partial charge on any atom is -0.387 e. The van der Waals surface area contributed by atoms with E-state index < -0.39 is 16.1 Å². The second kappa shape index (κ2) is 2.53. The molecular formula is C6H7NO3S2. The number of aliphatic hydroxyl groups is 1. The first-order valence-corrected chi connectivity index (χ1v) is 5.72. The van der Waals surface area contributed by atoms with Crippen molar-refractivity contribution in [3.8, 4) is 0 Å². The molecule has 1 atom stereocenters. The zero-order valence-corrected chi connectivity index (χ0v) is 7.65. The van der Waals surface area contributed by atoms with Gasteiger partial charge in [0, 0.05) is 12.1 Å². The normalized spacial score (nSPS) is 26.6. The van der Waals surface area contributed by atoms with Gasteiger partial charge in [0.1, 0.15) is 4.21 Å². The molecule has 0 radical (unpaired) electrons. The summed E-state index contributed by atoms with van der Waals surface area (Å²) in [6.07, 6.45) is -0.699. The van der Waals surface area contributed by atoms with E-state index in [-0.39, 0.29) is 10.8 Å². The monoisotopic (exact) mass is 205 g/mol. The molecule has 1 aliphatic heterocycles. The van der Waals surface area contributed by atoms with Crippen molar-refractivity contribution in [3.63, 3.8) is 0 Å². The van der Waals surface area contributed by atoms with E-state index in [4.69, 9.17) is 0 Å². The average molecular weight is 205 g/mol. The van der Waals surface area contributed by atoms with Crippen LogP contribution in [0.15, 0.2) is 15.7 Å². The van der Waals surface area contributed by atoms with Crippen molar-refractivity contribution in [2.75, 3.05) is 6.54 Å². The molecule has 0 saturated heterocycles. The third kappa shape index (κ3) is 1.08. The van der Waals surface area contributed by atoms with E-state index in [0.717, 1.165) is 11.3 Å². The molecule has 0 fully saturated rings. The lowest BCUT2D eigenvalue weighted by atomic mass is 10.2. The molecule has 1 unspecified atom stereocenters. The van der Waals surface area contributed by atoms with Crippen LogP contribution in [0, 0.1) is 0 Å². The Kier molecular flexibility index (Phi) is 1.72. The summed E-state index contributed by atoms with van der Waals surface area (Å²) >= 11 is 1.13. The second-order valence-corrected chi connectivity index (χ2v) is 5.41. The predicted octanol–water partition coefficient (Wildman–Crippen LogP) is 0.0734. The highest BCUT2D eigenvalue weighted by molar-refractivity contribution is 7.91. The molecule has 12 heavy (non-hydrogen) atoms. The summed E-state index contributed by atoms with van der Waals surface area (Å²) in [4.78, 5) is 0. The Bertz CT molecular complexity index is 395. The number of fused-ring (bicyclic) bond motifs is 1. The Morgan fingerprint density at radius 3 is 3.08 bits per heavy atom. The molecule has 0 spiro atoms. The maximum Gasteiger partial charge on any atom is 0.250 e. The SMILES string of the molecule is O=S1(=O)NCC(O)c2ccsc21. The van der Waals surface area contributed by atoms with Crippen molar-refractivity contribution >= 4 is 21.4 Å². The third-order valence-corrected chi connectivity index (χ3v) is 4.67. The van der Waals surface area contributed by atoms with Gasteiger partial charge in [-0.15, -0.1) is 11.3 Å². The maximum absolute atomic E-state index is 11.3. The number of sulfonamides is 1. The summed E-state index contributed by atoms with van der Waals surface area (Å²) < 4.78 is 25.1. The Balaban J connectivity index is 2.65. The van der Waals surface area contributed by atoms with Gasteiger partial charge in [-0.1, -0.05) is 0 Å². The van der Waals surface area contributed by atoms with Crippen molar-refractivity contribution in [3.05, 3.63) is 17.0 Å². The molecule has 1 aromatic rings. The van der Waals surface area contributed by atoms with Crippen LogP contribution in [0.3, 0.4) is 0 Å². The standard InChI is InChI=1S/C6H7NO3S2/c8-5-3-7-12(9,10)6-4(5)1-2-11-6/h1-2,5,7-8H,3H2. The topological polar surface area (TPSA) is 66.4 Å². The Morgan fingerprint density at radius 2 is 2.42 bits per heavy atom. The summed E-state index contributed by atoms with van der Waals surface area (Å²) in [7, 11) is -3.32. The van der Waals surface area contributed by atoms with E-state index in [2.05, 4.69) is 4.72 Å². The van der Waals surface area contributed by atoms with Gasteiger partial charge in [0.25, 0.3) is 10.0 Å². The van der Waals surface area contributed by atoms with Crippen LogP contribution in [0.4, 0.5) is 0 Å². The molecule has 2 heterocycles. The van der Waals surface area contributed by atoms with Gasteiger partial charge in [0.2, 0.25) is 0 Å². The van der Waals surface area contributed by atoms with Gasteiger partial charge >= 0.3 is 0 Å². The van der Waals surface area contributed by atoms with Crippen LogP contribution in [0.1, 0.15) is 11.7 Å². The molecule has 0 amide bonds. The molecule has 0 saturated carbocycles. The van der Waals surface area contributed by atoms with Crippen LogP contribution in [0.25, 0.3) is 0 Å². The van der Waals surface area contributed by atoms with Gasteiger partial charge < -0.3 is 5.11 Å². The maximum atomic E-state index is 11.3. The van der Waals surface area contributed by atoms with Gasteiger partial charge in [-0.3, -0.25) is 0 Å². The molecule has 1 aliphatic rings. The molecular weight excluding hydrogens is 198 g/mol. The number of rotatable bonds is 0. The summed E-state index contributed by atoms with van der Waals surface area (Å²) in [5.41, 5.74) is 0.513. The van der Waals surface area contributed by atoms with Crippen molar-refractivity contribution in [1.82, 2.24) is 4.72 Å². The highest BCUT2D eigenvalue weighted by atomic mass is 32.2. The van der Waals surface area contributed by atoms with Gasteiger partial charge in [-0.2, -0.15) is 0 Å². The van der Waals surface area contributed by atoms with E-state index in [1.807, 2.05) is 0 Å². The molecule has 4 nitrogen and oxygen atoms in total. The summed E-state index contributed by atoms with van der Waals surface area (Å²) in [6, 6.07) is 1.64. The first kappa shape index (κ1) is 8.18. The molecule has 2 N–H and O–H groups in total. The minimum atomic E-state index is -3.32. The fourth-order valence-electron chi connectivity index (χ4n) is 1.13. The lowest BCUT2D eigenvalue weighted by molar-refractivity contribution is 0.176. The van der Waals surface area contributed by atoms with Crippen molar-refractivity contribution < 1.29 is 13.5 Å². The van der Waals surface area contributed by atoms with Crippen molar-refractivity contribution in [2.45, 2.75) is 10.3 Å². The fourth-order valence-corrected chi connectivity index (χ4v) is 3.69. The van der Waals surface area contributed by atoms with Gasteiger partial charge in [0.15, 0.2) is 0 Å². The van der Waals surface area contributed by atoms with Crippen LogP contribution in [0.2, 0.25) is 0 Å². The summed E-state index contributed by atoms with van der Waals surface area (Å²) in [5.74, 6) is 0. The highest BCUT2D eigenvalue weighted by Crippen LogP contribution is 2.30. The lowest BCUT2D eigenvalue weighted by Gasteiger charge is -2.18. The van der Waals surface area contributed by atoms with Crippen LogP contribution in [-0.4, -0.2) is 20.1 Å². The first-order valence-electron chi connectivity index (χ1n) is 3.36. The third-order valence-electron chi connectivity index (χ3n) is 1.73. The Hall–Kier alpha value is -0.430. The van der Waals surface area contributed by atoms with E-state index >= 15 is 0 Å². The molecule has 2 rings (SSSR count). The Morgan fingerprint density at radius 1 is 1.67 bits per heavy atom. The molecule has 0 bridgehead atoms. The Labute approximate surface area is 73.9 Å². The van der Waals surface area contributed by atoms with Crippen LogP contribution >= 0.6 is 11.3 Å². The quantitative estimate of drug-likeness (QED) is 0.630. The molecule has 0 aliphatic carbocycles. The van der Waals surface area contributed by atoms with Crippen LogP contribution in [-0.2, 0) is 10.0 Å². The zero-order chi connectivity index (χ0) is 8.77. The van der Waals surface area contributed by atoms with Crippen LogP contribution in [0.5, 0.6) is 0 Å². The molecule has 6 heteroatoms. The molecule has 66 valence electrons. The van der Waals surface area contributed by atoms with Gasteiger partial charge in [-0.25, -0.2) is 13.1 Å². The summed E-state index contributed by atoms with van der Waals surface area (Å²) in [5, 5.41) is 11.0. The van der Waals surface area contributed by atoms with E-state index in [1.54, 1.807) is 11.4 Å². The largest absolute Gasteiger partial charge is 0.387 e. The van der Waals surface area contributed by atoms with Crippen molar-refractivity contribution in [1.29, 1.82) is 0 Å². The van der Waals surface area contributed by atoms with Gasteiger partial charge in [-0.05, 0) is 11.4 Å².